The van der Waals surface area contributed by atoms with E-state index in [4.69, 9.17) is 12.6 Å². The van der Waals surface area contributed by atoms with Gasteiger partial charge in [-0.05, 0) is 18.5 Å². The van der Waals surface area contributed by atoms with Crippen molar-refractivity contribution in [3.05, 3.63) is 22.3 Å². The van der Waals surface area contributed by atoms with Crippen LogP contribution < -0.4 is 5.73 Å². The first-order valence-corrected chi connectivity index (χ1v) is 2.97. The van der Waals surface area contributed by atoms with Crippen LogP contribution in [0.25, 0.3) is 0 Å². The van der Waals surface area contributed by atoms with Gasteiger partial charge in [-0.3, -0.25) is 0 Å². The van der Waals surface area contributed by atoms with Crippen molar-refractivity contribution in [2.24, 2.45) is 0 Å². The highest BCUT2D eigenvalue weighted by Crippen LogP contribution is 2.15. The first-order chi connectivity index (χ1) is 6.25. The van der Waals surface area contributed by atoms with Crippen molar-refractivity contribution in [2.45, 2.75) is 6.85 Å². The van der Waals surface area contributed by atoms with E-state index in [1.54, 1.807) is 0 Å². The van der Waals surface area contributed by atoms with Crippen molar-refractivity contribution < 1.29 is 6.85 Å². The number of pyridine rings is 1. The van der Waals surface area contributed by atoms with Gasteiger partial charge < -0.3 is 5.73 Å². The molecule has 0 spiro atoms. The minimum absolute atomic E-state index is 0.00926. The second-order valence-corrected chi connectivity index (χ2v) is 2.22. The molecule has 2 nitrogen and oxygen atoms in total. The van der Waals surface area contributed by atoms with Crippen LogP contribution in [-0.2, 0) is 0 Å². The predicted molar refractivity (Wildman–Crippen MR) is 41.1 cm³/mol. The van der Waals surface area contributed by atoms with Crippen LogP contribution in [-0.4, -0.2) is 4.98 Å². The number of hydrogen-bond donors (Lipinski definition) is 1. The smallest absolute Gasteiger partial charge is 0.124 e. The quantitative estimate of drug-likeness (QED) is 0.679. The second kappa shape index (κ2) is 2.35. The number of nitrogen functional groups attached to an aromatic ring is 1. The molecule has 1 rings (SSSR count). The molecule has 0 aromatic carbocycles. The highest BCUT2D eigenvalue weighted by molar-refractivity contribution is 9.10. The first kappa shape index (κ1) is 2.58. The summed E-state index contributed by atoms with van der Waals surface area (Å²) in [7, 11) is 0. The lowest BCUT2D eigenvalue weighted by Gasteiger charge is -1.95. The summed E-state index contributed by atoms with van der Waals surface area (Å²) >= 11 is 2.93. The van der Waals surface area contributed by atoms with Gasteiger partial charge in [0.2, 0.25) is 0 Å². The van der Waals surface area contributed by atoms with E-state index in [1.165, 1.54) is 0 Å². The molecule has 0 saturated heterocycles. The molecule has 0 atom stereocenters. The molecule has 2 N–H and O–H groups in total. The van der Waals surface area contributed by atoms with E-state index in [1.807, 2.05) is 0 Å². The monoisotopic (exact) mass is 191 g/mol. The topological polar surface area (TPSA) is 38.9 Å². The summed E-state index contributed by atoms with van der Waals surface area (Å²) in [5.41, 5.74) is 5.02. The first-order valence-electron chi connectivity index (χ1n) is 4.67. The molecule has 0 fully saturated rings. The van der Waals surface area contributed by atoms with Gasteiger partial charge in [0.15, 0.2) is 0 Å². The van der Waals surface area contributed by atoms with Crippen molar-refractivity contribution in [3.8, 4) is 0 Å². The van der Waals surface area contributed by atoms with E-state index < -0.39 is 13.0 Å². The van der Waals surface area contributed by atoms with Gasteiger partial charge in [0.05, 0.1) is 2.74 Å². The SMILES string of the molecule is [2H]c1nc(N)c([2H])c(Br)c1C([2H])([2H])[2H]. The number of halogens is 1. The molecule has 1 aromatic heterocycles. The highest BCUT2D eigenvalue weighted by Gasteiger charge is 1.92. The highest BCUT2D eigenvalue weighted by atomic mass is 79.9. The Hall–Kier alpha value is -0.570. The van der Waals surface area contributed by atoms with Gasteiger partial charge >= 0.3 is 0 Å². The van der Waals surface area contributed by atoms with E-state index in [0.29, 0.717) is 0 Å². The Balaban J connectivity index is 3.53. The van der Waals surface area contributed by atoms with Gasteiger partial charge in [0.1, 0.15) is 5.82 Å². The molecular formula is C6H7BrN2. The fourth-order valence-corrected chi connectivity index (χ4v) is 0.660. The van der Waals surface area contributed by atoms with Crippen LogP contribution in [0.1, 0.15) is 12.4 Å². The number of aromatic nitrogens is 1. The third kappa shape index (κ3) is 1.42. The summed E-state index contributed by atoms with van der Waals surface area (Å²) < 4.78 is 36.2. The molecule has 0 radical (unpaired) electrons. The summed E-state index contributed by atoms with van der Waals surface area (Å²) in [6, 6.07) is -0.202. The van der Waals surface area contributed by atoms with Crippen LogP contribution in [0.15, 0.2) is 16.7 Å². The van der Waals surface area contributed by atoms with Crippen molar-refractivity contribution >= 4 is 21.7 Å². The molecule has 0 aliphatic rings. The van der Waals surface area contributed by atoms with Crippen molar-refractivity contribution in [1.82, 2.24) is 4.98 Å². The van der Waals surface area contributed by atoms with Gasteiger partial charge in [-0.1, -0.05) is 15.9 Å². The largest absolute Gasteiger partial charge is 0.384 e. The Kier molecular flexibility index (Phi) is 0.674. The standard InChI is InChI=1S/C6H7BrN2/c1-4-3-9-6(8)2-5(4)7/h2-3H,1H3,(H2,8,9)/i1D3,2D,3D. The average Bonchev–Trinajstić information content (AvgIpc) is 1.97. The summed E-state index contributed by atoms with van der Waals surface area (Å²) in [5.74, 6) is -0.158. The van der Waals surface area contributed by atoms with E-state index >= 15 is 0 Å². The average molecular weight is 192 g/mol. The van der Waals surface area contributed by atoms with Crippen LogP contribution in [0.4, 0.5) is 5.82 Å². The van der Waals surface area contributed by atoms with Crippen LogP contribution in [0.2, 0.25) is 0 Å². The maximum atomic E-state index is 7.39. The molecule has 0 unspecified atom stereocenters. The minimum atomic E-state index is -2.47. The summed E-state index contributed by atoms with van der Waals surface area (Å²) in [6.07, 6.45) is -0.426. The number of anilines is 1. The zero-order valence-electron chi connectivity index (χ0n) is 9.40. The zero-order valence-corrected chi connectivity index (χ0v) is 5.99. The Morgan fingerprint density at radius 3 is 3.44 bits per heavy atom. The van der Waals surface area contributed by atoms with Crippen LogP contribution in [0.3, 0.4) is 0 Å². The molecule has 0 aliphatic heterocycles. The Bertz CT molecular complexity index is 375. The number of nitrogens with two attached hydrogens (primary N) is 1. The summed E-state index contributed by atoms with van der Waals surface area (Å²) in [6.45, 7) is -2.47. The lowest BCUT2D eigenvalue weighted by molar-refractivity contribution is 1.26. The van der Waals surface area contributed by atoms with Gasteiger partial charge in [-0.25, -0.2) is 4.98 Å². The van der Waals surface area contributed by atoms with Gasteiger partial charge in [-0.15, -0.1) is 0 Å². The van der Waals surface area contributed by atoms with Crippen LogP contribution in [0, 0.1) is 6.85 Å². The molecule has 9 heavy (non-hydrogen) atoms. The number of nitrogens with zero attached hydrogens (tertiary/aromatic N) is 1. The summed E-state index contributed by atoms with van der Waals surface area (Å²) in [4.78, 5) is 3.47. The fraction of sp³-hybridized carbons (Fsp3) is 0.167. The normalized spacial score (nSPS) is 19.0. The predicted octanol–water partition coefficient (Wildman–Crippen LogP) is 1.73. The van der Waals surface area contributed by atoms with E-state index in [0.717, 1.165) is 0 Å². The third-order valence-corrected chi connectivity index (χ3v) is 1.34. The summed E-state index contributed by atoms with van der Waals surface area (Å²) in [5, 5.41) is 0. The zero-order chi connectivity index (χ0) is 11.1. The molecule has 0 saturated carbocycles. The van der Waals surface area contributed by atoms with Gasteiger partial charge in [-0.2, -0.15) is 0 Å². The van der Waals surface area contributed by atoms with Crippen molar-refractivity contribution in [3.63, 3.8) is 0 Å². The molecule has 0 bridgehead atoms. The molecule has 1 heterocycles. The lowest BCUT2D eigenvalue weighted by Crippen LogP contribution is -1.89. The van der Waals surface area contributed by atoms with Crippen molar-refractivity contribution in [2.75, 3.05) is 5.73 Å². The number of rotatable bonds is 0. The van der Waals surface area contributed by atoms with E-state index in [-0.39, 0.29) is 21.9 Å². The Morgan fingerprint density at radius 1 is 2.00 bits per heavy atom. The van der Waals surface area contributed by atoms with Crippen LogP contribution >= 0.6 is 15.9 Å². The number of hydrogen-bond acceptors (Lipinski definition) is 2. The van der Waals surface area contributed by atoms with E-state index in [9.17, 15) is 0 Å². The molecule has 0 aliphatic carbocycles. The molecule has 48 valence electrons. The molecule has 0 amide bonds. The third-order valence-electron chi connectivity index (χ3n) is 0.745. The Morgan fingerprint density at radius 2 is 2.78 bits per heavy atom. The van der Waals surface area contributed by atoms with Gasteiger partial charge in [0, 0.05) is 14.8 Å². The fourth-order valence-electron chi connectivity index (χ4n) is 0.368. The van der Waals surface area contributed by atoms with Gasteiger partial charge in [0.25, 0.3) is 0 Å². The van der Waals surface area contributed by atoms with Crippen LogP contribution in [0.5, 0.6) is 0 Å². The van der Waals surface area contributed by atoms with E-state index in [2.05, 4.69) is 20.9 Å². The molecular weight excluding hydrogens is 180 g/mol. The van der Waals surface area contributed by atoms with Crippen molar-refractivity contribution in [1.29, 1.82) is 0 Å². The molecule has 3 heteroatoms. The minimum Gasteiger partial charge on any atom is -0.384 e. The Labute approximate surface area is 69.2 Å². The maximum absolute atomic E-state index is 7.39. The second-order valence-electron chi connectivity index (χ2n) is 1.42. The lowest BCUT2D eigenvalue weighted by atomic mass is 10.3. The molecule has 1 aromatic rings. The maximum Gasteiger partial charge on any atom is 0.124 e.